The van der Waals surface area contributed by atoms with Crippen molar-refractivity contribution in [2.75, 3.05) is 7.11 Å². The molecule has 2 rings (SSSR count). The summed E-state index contributed by atoms with van der Waals surface area (Å²) in [6, 6.07) is 9.29. The molecule has 0 radical (unpaired) electrons. The molecule has 0 saturated heterocycles. The second-order valence-corrected chi connectivity index (χ2v) is 5.06. The molecule has 5 nitrogen and oxygen atoms in total. The van der Waals surface area contributed by atoms with Gasteiger partial charge in [0.05, 0.1) is 12.7 Å². The van der Waals surface area contributed by atoms with Crippen LogP contribution in [0, 0.1) is 0 Å². The van der Waals surface area contributed by atoms with Gasteiger partial charge in [-0.05, 0) is 6.92 Å². The molecular formula is C14H14N2O3S. The van der Waals surface area contributed by atoms with E-state index in [9.17, 15) is 9.59 Å². The molecule has 20 heavy (non-hydrogen) atoms. The van der Waals surface area contributed by atoms with E-state index in [0.717, 1.165) is 17.6 Å². The summed E-state index contributed by atoms with van der Waals surface area (Å²) in [6.07, 6.45) is 0. The fourth-order valence-corrected chi connectivity index (χ4v) is 2.59. The molecule has 0 aliphatic rings. The van der Waals surface area contributed by atoms with E-state index in [0.29, 0.717) is 11.3 Å². The third-order valence-electron chi connectivity index (χ3n) is 2.77. The first kappa shape index (κ1) is 14.5. The summed E-state index contributed by atoms with van der Waals surface area (Å²) in [5.41, 5.74) is 1.22. The van der Waals surface area contributed by atoms with E-state index >= 15 is 0 Å². The zero-order valence-corrected chi connectivity index (χ0v) is 12.2. The van der Waals surface area contributed by atoms with Gasteiger partial charge in [-0.15, -0.1) is 0 Å². The SMILES string of the molecule is COSc1c(C(C)=O)c(-c2ccccc2)nn(C)c1=O. The van der Waals surface area contributed by atoms with Crippen molar-refractivity contribution in [1.29, 1.82) is 0 Å². The van der Waals surface area contributed by atoms with E-state index in [1.54, 1.807) is 7.05 Å². The molecule has 0 atom stereocenters. The summed E-state index contributed by atoms with van der Waals surface area (Å²) in [4.78, 5) is 24.3. The second-order valence-electron chi connectivity index (χ2n) is 4.15. The molecule has 2 aromatic rings. The molecule has 1 aromatic heterocycles. The summed E-state index contributed by atoms with van der Waals surface area (Å²) in [5.74, 6) is -0.214. The van der Waals surface area contributed by atoms with Crippen molar-refractivity contribution in [2.24, 2.45) is 7.05 Å². The Balaban J connectivity index is 2.81. The molecule has 0 N–H and O–H groups in total. The van der Waals surface area contributed by atoms with E-state index in [2.05, 4.69) is 5.10 Å². The molecule has 0 aliphatic carbocycles. The lowest BCUT2D eigenvalue weighted by molar-refractivity contribution is 0.101. The summed E-state index contributed by atoms with van der Waals surface area (Å²) in [7, 11) is 3.01. The lowest BCUT2D eigenvalue weighted by Crippen LogP contribution is -2.25. The number of carbonyl (C=O) groups is 1. The molecular weight excluding hydrogens is 276 g/mol. The van der Waals surface area contributed by atoms with E-state index in [-0.39, 0.29) is 16.2 Å². The lowest BCUT2D eigenvalue weighted by atomic mass is 10.0. The van der Waals surface area contributed by atoms with E-state index in [1.165, 1.54) is 18.7 Å². The minimum absolute atomic E-state index is 0.214. The molecule has 0 saturated carbocycles. The zero-order valence-electron chi connectivity index (χ0n) is 11.4. The van der Waals surface area contributed by atoms with Gasteiger partial charge in [-0.2, -0.15) is 5.10 Å². The molecule has 1 aromatic carbocycles. The molecule has 0 spiro atoms. The minimum Gasteiger partial charge on any atom is -0.313 e. The van der Waals surface area contributed by atoms with Crippen LogP contribution >= 0.6 is 12.0 Å². The number of aryl methyl sites for hydroxylation is 1. The average Bonchev–Trinajstić information content (AvgIpc) is 2.44. The smallest absolute Gasteiger partial charge is 0.283 e. The topological polar surface area (TPSA) is 61.2 Å². The lowest BCUT2D eigenvalue weighted by Gasteiger charge is -2.12. The van der Waals surface area contributed by atoms with Gasteiger partial charge in [0.1, 0.15) is 10.6 Å². The number of hydrogen-bond donors (Lipinski definition) is 0. The normalized spacial score (nSPS) is 10.6. The molecule has 0 fully saturated rings. The van der Waals surface area contributed by atoms with Crippen LogP contribution in [0.1, 0.15) is 17.3 Å². The van der Waals surface area contributed by atoms with Gasteiger partial charge >= 0.3 is 0 Å². The van der Waals surface area contributed by atoms with Crippen LogP contribution in [-0.2, 0) is 11.2 Å². The van der Waals surface area contributed by atoms with Crippen LogP contribution in [0.15, 0.2) is 40.0 Å². The predicted molar refractivity (Wildman–Crippen MR) is 77.8 cm³/mol. The standard InChI is InChI=1S/C14H14N2O3S/c1-9(17)11-12(10-7-5-4-6-8-10)15-16(2)14(18)13(11)20-19-3/h4-8H,1-3H3. The Morgan fingerprint density at radius 3 is 2.50 bits per heavy atom. The quantitative estimate of drug-likeness (QED) is 0.638. The number of Topliss-reactive ketones (excluding diaryl/α,β-unsaturated/α-hetero) is 1. The number of benzene rings is 1. The largest absolute Gasteiger partial charge is 0.313 e. The fraction of sp³-hybridized carbons (Fsp3) is 0.214. The number of aromatic nitrogens is 2. The van der Waals surface area contributed by atoms with E-state index in [1.807, 2.05) is 30.3 Å². The van der Waals surface area contributed by atoms with Gasteiger partial charge in [0, 0.05) is 24.7 Å². The Bertz CT molecular complexity index is 696. The fourth-order valence-electron chi connectivity index (χ4n) is 1.89. The molecule has 1 heterocycles. The summed E-state index contributed by atoms with van der Waals surface area (Å²) in [6.45, 7) is 1.42. The van der Waals surface area contributed by atoms with Gasteiger partial charge in [0.15, 0.2) is 5.78 Å². The van der Waals surface area contributed by atoms with E-state index < -0.39 is 0 Å². The number of ketones is 1. The van der Waals surface area contributed by atoms with Crippen LogP contribution in [0.25, 0.3) is 11.3 Å². The molecule has 0 unspecified atom stereocenters. The maximum atomic E-state index is 12.1. The van der Waals surface area contributed by atoms with Crippen LogP contribution < -0.4 is 5.56 Å². The van der Waals surface area contributed by atoms with Crippen LogP contribution in [0.5, 0.6) is 0 Å². The Hall–Kier alpha value is -1.92. The average molecular weight is 290 g/mol. The molecule has 0 aliphatic heterocycles. The first-order chi connectivity index (χ1) is 9.56. The number of hydrogen-bond acceptors (Lipinski definition) is 5. The van der Waals surface area contributed by atoms with Crippen molar-refractivity contribution >= 4 is 17.8 Å². The van der Waals surface area contributed by atoms with Crippen molar-refractivity contribution in [1.82, 2.24) is 9.78 Å². The van der Waals surface area contributed by atoms with Gasteiger partial charge in [0.2, 0.25) is 0 Å². The van der Waals surface area contributed by atoms with Crippen LogP contribution in [0.4, 0.5) is 0 Å². The third kappa shape index (κ3) is 2.66. The number of carbonyl (C=O) groups excluding carboxylic acids is 1. The summed E-state index contributed by atoms with van der Waals surface area (Å²) in [5, 5.41) is 4.22. The van der Waals surface area contributed by atoms with Crippen molar-refractivity contribution in [2.45, 2.75) is 11.8 Å². The third-order valence-corrected chi connectivity index (χ3v) is 3.48. The molecule has 0 amide bonds. The van der Waals surface area contributed by atoms with Gasteiger partial charge < -0.3 is 4.18 Å². The maximum absolute atomic E-state index is 12.1. The van der Waals surface area contributed by atoms with Crippen LogP contribution in [0.2, 0.25) is 0 Å². The highest BCUT2D eigenvalue weighted by Gasteiger charge is 2.21. The minimum atomic E-state index is -0.346. The number of nitrogens with zero attached hydrogens (tertiary/aromatic N) is 2. The molecule has 6 heteroatoms. The maximum Gasteiger partial charge on any atom is 0.283 e. The highest BCUT2D eigenvalue weighted by atomic mass is 32.2. The monoisotopic (exact) mass is 290 g/mol. The Morgan fingerprint density at radius 1 is 1.30 bits per heavy atom. The van der Waals surface area contributed by atoms with Gasteiger partial charge in [0.25, 0.3) is 5.56 Å². The summed E-state index contributed by atoms with van der Waals surface area (Å²) >= 11 is 0.886. The first-order valence-electron chi connectivity index (χ1n) is 5.94. The van der Waals surface area contributed by atoms with Gasteiger partial charge in [-0.25, -0.2) is 4.68 Å². The summed E-state index contributed by atoms with van der Waals surface area (Å²) < 4.78 is 6.19. The zero-order chi connectivity index (χ0) is 14.7. The molecule has 104 valence electrons. The highest BCUT2D eigenvalue weighted by Crippen LogP contribution is 2.28. The number of rotatable bonds is 4. The first-order valence-corrected chi connectivity index (χ1v) is 6.68. The van der Waals surface area contributed by atoms with Crippen molar-refractivity contribution in [3.05, 3.63) is 46.2 Å². The van der Waals surface area contributed by atoms with Crippen molar-refractivity contribution < 1.29 is 8.98 Å². The van der Waals surface area contributed by atoms with Gasteiger partial charge in [-0.3, -0.25) is 9.59 Å². The Kier molecular flexibility index (Phi) is 4.36. The second kappa shape index (κ2) is 6.02. The van der Waals surface area contributed by atoms with Crippen LogP contribution in [0.3, 0.4) is 0 Å². The van der Waals surface area contributed by atoms with Crippen LogP contribution in [-0.4, -0.2) is 22.7 Å². The molecule has 0 bridgehead atoms. The Labute approximate surface area is 120 Å². The van der Waals surface area contributed by atoms with Gasteiger partial charge in [-0.1, -0.05) is 30.3 Å². The highest BCUT2D eigenvalue weighted by molar-refractivity contribution is 7.94. The predicted octanol–water partition coefficient (Wildman–Crippen LogP) is 2.30. The Morgan fingerprint density at radius 2 is 1.95 bits per heavy atom. The van der Waals surface area contributed by atoms with Crippen molar-refractivity contribution in [3.63, 3.8) is 0 Å². The van der Waals surface area contributed by atoms with Crippen molar-refractivity contribution in [3.8, 4) is 11.3 Å². The van der Waals surface area contributed by atoms with E-state index in [4.69, 9.17) is 4.18 Å².